The van der Waals surface area contributed by atoms with Gasteiger partial charge in [-0.05, 0) is 12.1 Å². The van der Waals surface area contributed by atoms with Crippen molar-refractivity contribution in [3.05, 3.63) is 30.1 Å². The summed E-state index contributed by atoms with van der Waals surface area (Å²) < 4.78 is 0. The average molecular weight is 275 g/mol. The van der Waals surface area contributed by atoms with E-state index in [4.69, 9.17) is 0 Å². The summed E-state index contributed by atoms with van der Waals surface area (Å²) in [6.07, 6.45) is 1.74. The lowest BCUT2D eigenvalue weighted by atomic mass is 10.1. The van der Waals surface area contributed by atoms with Crippen LogP contribution in [0.3, 0.4) is 0 Å². The fourth-order valence-corrected chi connectivity index (χ4v) is 2.12. The zero-order valence-electron chi connectivity index (χ0n) is 9.99. The van der Waals surface area contributed by atoms with Crippen LogP contribution in [-0.2, 0) is 4.79 Å². The highest BCUT2D eigenvalue weighted by Crippen LogP contribution is 2.17. The molecule has 102 valence electrons. The lowest BCUT2D eigenvalue weighted by Gasteiger charge is -2.28. The largest absolute Gasteiger partial charge is 0.326 e. The van der Waals surface area contributed by atoms with Crippen LogP contribution in [0.2, 0.25) is 0 Å². The topological polar surface area (TPSA) is 121 Å². The van der Waals surface area contributed by atoms with Gasteiger partial charge in [-0.2, -0.15) is 0 Å². The normalized spacial score (nSPS) is 24.6. The molecule has 0 bridgehead atoms. The van der Waals surface area contributed by atoms with Gasteiger partial charge < -0.3 is 10.6 Å². The number of carbonyl (C=O) groups excluding carboxylic acids is 4. The van der Waals surface area contributed by atoms with Gasteiger partial charge in [-0.3, -0.25) is 19.9 Å². The molecule has 2 saturated heterocycles. The Balaban J connectivity index is 1.93. The lowest BCUT2D eigenvalue weighted by molar-refractivity contribution is -0.123. The molecular formula is C11H9N5O4. The number of rotatable bonds is 1. The number of fused-ring (bicyclic) bond motifs is 1. The van der Waals surface area contributed by atoms with Gasteiger partial charge in [0.1, 0.15) is 12.2 Å². The zero-order valence-corrected chi connectivity index (χ0v) is 9.99. The molecule has 2 aliphatic rings. The Labute approximate surface area is 112 Å². The molecule has 9 heteroatoms. The van der Waals surface area contributed by atoms with Gasteiger partial charge >= 0.3 is 12.1 Å². The SMILES string of the molecule is O=C1NC(=O)[C@H]2NC(=O)N(C(=O)c3cccnc3)[C@H]2N1. The van der Waals surface area contributed by atoms with Gasteiger partial charge in [-0.25, -0.2) is 14.5 Å². The fourth-order valence-electron chi connectivity index (χ4n) is 2.12. The molecule has 0 radical (unpaired) electrons. The Morgan fingerprint density at radius 2 is 2.05 bits per heavy atom. The number of carbonyl (C=O) groups is 4. The van der Waals surface area contributed by atoms with Gasteiger partial charge in [0.2, 0.25) is 0 Å². The molecular weight excluding hydrogens is 266 g/mol. The molecule has 1 aromatic heterocycles. The van der Waals surface area contributed by atoms with Crippen LogP contribution in [-0.4, -0.2) is 46.0 Å². The third kappa shape index (κ3) is 1.76. The minimum absolute atomic E-state index is 0.184. The van der Waals surface area contributed by atoms with E-state index in [1.807, 2.05) is 5.32 Å². The van der Waals surface area contributed by atoms with Crippen LogP contribution in [0.15, 0.2) is 24.5 Å². The van der Waals surface area contributed by atoms with Crippen molar-refractivity contribution in [2.75, 3.05) is 0 Å². The first-order chi connectivity index (χ1) is 9.58. The molecule has 3 heterocycles. The molecule has 0 aromatic carbocycles. The summed E-state index contributed by atoms with van der Waals surface area (Å²) in [6, 6.07) is 0.537. The van der Waals surface area contributed by atoms with Crippen molar-refractivity contribution in [2.45, 2.75) is 12.2 Å². The highest BCUT2D eigenvalue weighted by molar-refractivity contribution is 6.10. The number of urea groups is 2. The van der Waals surface area contributed by atoms with E-state index >= 15 is 0 Å². The predicted octanol–water partition coefficient (Wildman–Crippen LogP) is -1.22. The number of imide groups is 2. The van der Waals surface area contributed by atoms with E-state index in [-0.39, 0.29) is 5.56 Å². The summed E-state index contributed by atoms with van der Waals surface area (Å²) in [5.74, 6) is -1.30. The number of pyridine rings is 1. The molecule has 0 aliphatic carbocycles. The second-order valence-corrected chi connectivity index (χ2v) is 4.25. The van der Waals surface area contributed by atoms with Crippen molar-refractivity contribution in [3.8, 4) is 0 Å². The number of nitrogens with zero attached hydrogens (tertiary/aromatic N) is 2. The van der Waals surface area contributed by atoms with Crippen molar-refractivity contribution in [1.29, 1.82) is 0 Å². The Kier molecular flexibility index (Phi) is 2.60. The summed E-state index contributed by atoms with van der Waals surface area (Å²) in [6.45, 7) is 0. The summed E-state index contributed by atoms with van der Waals surface area (Å²) >= 11 is 0. The van der Waals surface area contributed by atoms with E-state index < -0.39 is 36.1 Å². The molecule has 3 rings (SSSR count). The first kappa shape index (κ1) is 12.1. The maximum absolute atomic E-state index is 12.3. The molecule has 2 fully saturated rings. The quantitative estimate of drug-likeness (QED) is 0.593. The van der Waals surface area contributed by atoms with Crippen LogP contribution in [0, 0.1) is 0 Å². The summed E-state index contributed by atoms with van der Waals surface area (Å²) in [5, 5.41) is 6.73. The van der Waals surface area contributed by atoms with Gasteiger partial charge in [-0.1, -0.05) is 0 Å². The average Bonchev–Trinajstić information content (AvgIpc) is 2.76. The van der Waals surface area contributed by atoms with Crippen LogP contribution in [0.4, 0.5) is 9.59 Å². The van der Waals surface area contributed by atoms with E-state index in [0.29, 0.717) is 0 Å². The molecule has 20 heavy (non-hydrogen) atoms. The highest BCUT2D eigenvalue weighted by atomic mass is 16.2. The van der Waals surface area contributed by atoms with E-state index in [2.05, 4.69) is 15.6 Å². The molecule has 0 unspecified atom stereocenters. The zero-order chi connectivity index (χ0) is 14.3. The molecule has 6 amide bonds. The monoisotopic (exact) mass is 275 g/mol. The van der Waals surface area contributed by atoms with E-state index in [1.54, 1.807) is 6.07 Å². The molecule has 2 aliphatic heterocycles. The van der Waals surface area contributed by atoms with Gasteiger partial charge in [-0.15, -0.1) is 0 Å². The first-order valence-corrected chi connectivity index (χ1v) is 5.73. The molecule has 1 aromatic rings. The van der Waals surface area contributed by atoms with Crippen LogP contribution in [0.1, 0.15) is 10.4 Å². The van der Waals surface area contributed by atoms with Crippen LogP contribution in [0.25, 0.3) is 0 Å². The maximum atomic E-state index is 12.3. The molecule has 0 saturated carbocycles. The lowest BCUT2D eigenvalue weighted by Crippen LogP contribution is -2.65. The van der Waals surface area contributed by atoms with Gasteiger partial charge in [0, 0.05) is 12.4 Å². The Hall–Kier alpha value is -2.97. The minimum Gasteiger partial charge on any atom is -0.322 e. The number of hydrogen-bond donors (Lipinski definition) is 3. The van der Waals surface area contributed by atoms with Crippen molar-refractivity contribution in [1.82, 2.24) is 25.8 Å². The van der Waals surface area contributed by atoms with Crippen molar-refractivity contribution in [3.63, 3.8) is 0 Å². The van der Waals surface area contributed by atoms with Gasteiger partial charge in [0.05, 0.1) is 5.56 Å². The van der Waals surface area contributed by atoms with Crippen molar-refractivity contribution < 1.29 is 19.2 Å². The van der Waals surface area contributed by atoms with Crippen molar-refractivity contribution >= 4 is 23.9 Å². The van der Waals surface area contributed by atoms with Gasteiger partial charge in [0.15, 0.2) is 0 Å². The number of amides is 6. The second kappa shape index (κ2) is 4.30. The van der Waals surface area contributed by atoms with Gasteiger partial charge in [0.25, 0.3) is 11.8 Å². The molecule has 2 atom stereocenters. The third-order valence-electron chi connectivity index (χ3n) is 3.02. The van der Waals surface area contributed by atoms with Crippen LogP contribution in [0.5, 0.6) is 0 Å². The number of aromatic nitrogens is 1. The Morgan fingerprint density at radius 3 is 2.75 bits per heavy atom. The first-order valence-electron chi connectivity index (χ1n) is 5.73. The molecule has 3 N–H and O–H groups in total. The number of hydrogen-bond acceptors (Lipinski definition) is 5. The van der Waals surface area contributed by atoms with Crippen LogP contribution >= 0.6 is 0 Å². The predicted molar refractivity (Wildman–Crippen MR) is 63.2 cm³/mol. The molecule has 9 nitrogen and oxygen atoms in total. The number of nitrogens with one attached hydrogen (secondary N) is 3. The second-order valence-electron chi connectivity index (χ2n) is 4.25. The molecule has 0 spiro atoms. The van der Waals surface area contributed by atoms with Crippen molar-refractivity contribution in [2.24, 2.45) is 0 Å². The summed E-state index contributed by atoms with van der Waals surface area (Å²) in [5.41, 5.74) is 0.184. The van der Waals surface area contributed by atoms with E-state index in [0.717, 1.165) is 4.90 Å². The fraction of sp³-hybridized carbons (Fsp3) is 0.182. The smallest absolute Gasteiger partial charge is 0.322 e. The van der Waals surface area contributed by atoms with Crippen LogP contribution < -0.4 is 16.0 Å². The minimum atomic E-state index is -1.04. The Morgan fingerprint density at radius 1 is 1.25 bits per heavy atom. The summed E-state index contributed by atoms with van der Waals surface area (Å²) in [7, 11) is 0. The third-order valence-corrected chi connectivity index (χ3v) is 3.02. The van der Waals surface area contributed by atoms with E-state index in [1.165, 1.54) is 18.5 Å². The standard InChI is InChI=1S/C11H9N5O4/c17-8-6-7(14-10(19)15-8)16(11(20)13-6)9(18)5-2-1-3-12-4-5/h1-4,6-7H,(H,13,20)(H2,14,15,17,19)/t6-,7+/m0/s1. The Bertz CT molecular complexity index is 616. The maximum Gasteiger partial charge on any atom is 0.326 e. The highest BCUT2D eigenvalue weighted by Gasteiger charge is 2.50. The summed E-state index contributed by atoms with van der Waals surface area (Å²) in [4.78, 5) is 51.6. The van der Waals surface area contributed by atoms with E-state index in [9.17, 15) is 19.2 Å².